The number of nitrogens with zero attached hydrogens (tertiary/aromatic N) is 4. The molecule has 0 bridgehead atoms. The van der Waals surface area contributed by atoms with Crippen LogP contribution >= 0.6 is 0 Å². The van der Waals surface area contributed by atoms with Crippen molar-refractivity contribution in [2.45, 2.75) is 13.8 Å². The van der Waals surface area contributed by atoms with Gasteiger partial charge >= 0.3 is 6.85 Å². The molecule has 286 valence electrons. The number of para-hydroxylation sites is 3. The Balaban J connectivity index is 1.28. The highest BCUT2D eigenvalue weighted by atomic mass is 16.3. The molecule has 11 aromatic rings. The van der Waals surface area contributed by atoms with Gasteiger partial charge in [0, 0.05) is 55.7 Å². The third-order valence-corrected chi connectivity index (χ3v) is 12.9. The second-order valence-electron chi connectivity index (χ2n) is 16.3. The Morgan fingerprint density at radius 2 is 1.18 bits per heavy atom. The minimum Gasteiger partial charge on any atom is -0.466 e. The van der Waals surface area contributed by atoms with Gasteiger partial charge in [0.2, 0.25) is 0 Å². The molecule has 6 heteroatoms. The molecule has 0 spiro atoms. The van der Waals surface area contributed by atoms with E-state index in [1.54, 1.807) is 0 Å². The first-order valence-electron chi connectivity index (χ1n) is 21.0. The summed E-state index contributed by atoms with van der Waals surface area (Å²) in [6, 6.07) is 67.6. The number of benzene rings is 8. The Morgan fingerprint density at radius 1 is 0.557 bits per heavy atom. The molecule has 3 aromatic heterocycles. The van der Waals surface area contributed by atoms with Crippen LogP contribution in [0.25, 0.3) is 83.5 Å². The third kappa shape index (κ3) is 4.70. The summed E-state index contributed by atoms with van der Waals surface area (Å²) < 4.78 is 12.2. The first-order chi connectivity index (χ1) is 30.2. The highest BCUT2D eigenvalue weighted by molar-refractivity contribution is 6.89. The van der Waals surface area contributed by atoms with Gasteiger partial charge in [-0.1, -0.05) is 140 Å². The topological polar surface area (TPSA) is 39.1 Å². The summed E-state index contributed by atoms with van der Waals surface area (Å²) in [5, 5.41) is 2.23. The highest BCUT2D eigenvalue weighted by Crippen LogP contribution is 2.53. The molecule has 0 saturated heterocycles. The van der Waals surface area contributed by atoms with Crippen LogP contribution < -0.4 is 16.0 Å². The number of aromatic nitrogens is 3. The van der Waals surface area contributed by atoms with Crippen LogP contribution in [0, 0.1) is 13.8 Å². The molecular weight excluding hydrogens is 743 g/mol. The zero-order valence-electron chi connectivity index (χ0n) is 33.7. The number of hydrogen-bond acceptors (Lipinski definition) is 3. The van der Waals surface area contributed by atoms with E-state index in [9.17, 15) is 0 Å². The maximum absolute atomic E-state index is 7.21. The zero-order valence-corrected chi connectivity index (χ0v) is 33.7. The van der Waals surface area contributed by atoms with Gasteiger partial charge in [-0.15, -0.1) is 0 Å². The van der Waals surface area contributed by atoms with Gasteiger partial charge in [-0.05, 0) is 95.7 Å². The summed E-state index contributed by atoms with van der Waals surface area (Å²) in [5.41, 5.74) is 21.1. The molecular formula is C55H37BN4O. The van der Waals surface area contributed by atoms with Crippen LogP contribution in [0.4, 0.5) is 17.1 Å². The van der Waals surface area contributed by atoms with Crippen LogP contribution in [0.2, 0.25) is 0 Å². The van der Waals surface area contributed by atoms with Crippen LogP contribution in [-0.4, -0.2) is 20.9 Å². The lowest BCUT2D eigenvalue weighted by Crippen LogP contribution is -2.56. The van der Waals surface area contributed by atoms with Gasteiger partial charge in [-0.2, -0.15) is 0 Å². The minimum atomic E-state index is -0.275. The predicted molar refractivity (Wildman–Crippen MR) is 253 cm³/mol. The molecule has 0 atom stereocenters. The van der Waals surface area contributed by atoms with E-state index >= 15 is 0 Å². The van der Waals surface area contributed by atoms with Gasteiger partial charge in [0.1, 0.15) is 17.1 Å². The lowest BCUT2D eigenvalue weighted by atomic mass is 9.47. The molecule has 0 saturated carbocycles. The van der Waals surface area contributed by atoms with Crippen molar-refractivity contribution < 1.29 is 4.42 Å². The minimum absolute atomic E-state index is 0.275. The average molecular weight is 781 g/mol. The van der Waals surface area contributed by atoms with Crippen molar-refractivity contribution in [3.63, 3.8) is 0 Å². The molecule has 0 radical (unpaired) electrons. The number of rotatable bonds is 5. The molecule has 2 aliphatic rings. The Hall–Kier alpha value is -7.83. The van der Waals surface area contributed by atoms with E-state index in [-0.39, 0.29) is 6.85 Å². The lowest BCUT2D eigenvalue weighted by Gasteiger charge is -2.38. The van der Waals surface area contributed by atoms with Gasteiger partial charge in [-0.25, -0.2) is 4.98 Å². The maximum atomic E-state index is 7.21. The summed E-state index contributed by atoms with van der Waals surface area (Å²) in [6.07, 6.45) is 0. The number of furan rings is 1. The fourth-order valence-corrected chi connectivity index (χ4v) is 10.5. The molecule has 0 fully saturated rings. The number of hydrogen-bond donors (Lipinski definition) is 0. The van der Waals surface area contributed by atoms with Crippen LogP contribution in [0.5, 0.6) is 0 Å². The predicted octanol–water partition coefficient (Wildman–Crippen LogP) is 12.8. The first kappa shape index (κ1) is 34.1. The molecule has 0 aliphatic carbocycles. The monoisotopic (exact) mass is 780 g/mol. The van der Waals surface area contributed by atoms with Crippen molar-refractivity contribution in [2.75, 3.05) is 4.90 Å². The number of anilines is 3. The number of aryl methyl sites for hydroxylation is 2. The lowest BCUT2D eigenvalue weighted by molar-refractivity contribution is 0.649. The molecule has 8 aromatic carbocycles. The van der Waals surface area contributed by atoms with E-state index in [2.05, 4.69) is 216 Å². The van der Waals surface area contributed by atoms with E-state index in [1.165, 1.54) is 27.7 Å². The van der Waals surface area contributed by atoms with Gasteiger partial charge in [0.05, 0.1) is 16.7 Å². The Labute approximate surface area is 353 Å². The molecule has 2 aliphatic heterocycles. The van der Waals surface area contributed by atoms with Crippen molar-refractivity contribution in [2.24, 2.45) is 0 Å². The number of fused-ring (bicyclic) bond motifs is 8. The molecule has 0 N–H and O–H groups in total. The summed E-state index contributed by atoms with van der Waals surface area (Å²) in [4.78, 5) is 8.25. The summed E-state index contributed by atoms with van der Waals surface area (Å²) in [6.45, 7) is 4.13. The highest BCUT2D eigenvalue weighted by Gasteiger charge is 2.47. The molecule has 61 heavy (non-hydrogen) atoms. The second-order valence-corrected chi connectivity index (χ2v) is 16.3. The van der Waals surface area contributed by atoms with Gasteiger partial charge in [0.25, 0.3) is 0 Å². The zero-order chi connectivity index (χ0) is 40.3. The molecule has 13 rings (SSSR count). The van der Waals surface area contributed by atoms with Crippen molar-refractivity contribution in [1.29, 1.82) is 0 Å². The van der Waals surface area contributed by atoms with Crippen molar-refractivity contribution >= 4 is 67.9 Å². The fourth-order valence-electron chi connectivity index (χ4n) is 10.5. The van der Waals surface area contributed by atoms with Gasteiger partial charge in [0.15, 0.2) is 0 Å². The SMILES string of the molecule is Cc1cccc(C)c1-c1nc2c3c(-c4ccccc4)c(-c4ccccc4)n4c3c(cc2n1-c1ccccc1)-c1cccc2c1B4c1oc3ccccc3c1N2c1ccccc1. The second kappa shape index (κ2) is 12.8. The van der Waals surface area contributed by atoms with Crippen LogP contribution in [0.1, 0.15) is 11.1 Å². The largest absolute Gasteiger partial charge is 0.466 e. The average Bonchev–Trinajstić information content (AvgIpc) is 3.99. The quantitative estimate of drug-likeness (QED) is 0.163. The van der Waals surface area contributed by atoms with Crippen molar-refractivity contribution in [1.82, 2.24) is 14.0 Å². The third-order valence-electron chi connectivity index (χ3n) is 12.9. The van der Waals surface area contributed by atoms with Gasteiger partial charge in [-0.3, -0.25) is 4.57 Å². The Bertz CT molecular complexity index is 3530. The molecule has 5 heterocycles. The van der Waals surface area contributed by atoms with Crippen LogP contribution in [-0.2, 0) is 0 Å². The van der Waals surface area contributed by atoms with Crippen molar-refractivity contribution in [3.8, 4) is 50.6 Å². The normalized spacial score (nSPS) is 12.7. The first-order valence-corrected chi connectivity index (χ1v) is 21.0. The summed E-state index contributed by atoms with van der Waals surface area (Å²) in [7, 11) is 0. The van der Waals surface area contributed by atoms with E-state index in [0.29, 0.717) is 0 Å². The Morgan fingerprint density at radius 3 is 1.90 bits per heavy atom. The summed E-state index contributed by atoms with van der Waals surface area (Å²) >= 11 is 0. The number of imidazole rings is 1. The van der Waals surface area contributed by atoms with E-state index in [1.807, 2.05) is 0 Å². The molecule has 0 unspecified atom stereocenters. The maximum Gasteiger partial charge on any atom is 0.376 e. The van der Waals surface area contributed by atoms with E-state index in [0.717, 1.165) is 95.1 Å². The fraction of sp³-hybridized carbons (Fsp3) is 0.0364. The standard InChI is InChI=1S/C55H37BN4O/c1-34-19-17-20-35(2)46(34)55-57-50-44(59(55)39-27-13-6-14-28-39)33-42-40-30-18-31-43-49(40)56(54-53(41-29-15-16-32-45(41)61-54)58(43)38-25-11-5-12-26-38)60-51(37-23-9-4-10-24-37)47(48(50)52(42)60)36-21-7-3-8-22-36/h3-33H,1-2H3. The van der Waals surface area contributed by atoms with Crippen LogP contribution in [0.15, 0.2) is 192 Å². The van der Waals surface area contributed by atoms with E-state index in [4.69, 9.17) is 9.40 Å². The van der Waals surface area contributed by atoms with Crippen LogP contribution in [0.3, 0.4) is 0 Å². The molecule has 5 nitrogen and oxygen atoms in total. The molecule has 0 amide bonds. The smallest absolute Gasteiger partial charge is 0.376 e. The van der Waals surface area contributed by atoms with Crippen molar-refractivity contribution in [3.05, 3.63) is 199 Å². The Kier molecular flexibility index (Phi) is 7.17. The van der Waals surface area contributed by atoms with Gasteiger partial charge < -0.3 is 13.8 Å². The van der Waals surface area contributed by atoms with E-state index < -0.39 is 0 Å². The summed E-state index contributed by atoms with van der Waals surface area (Å²) in [5.74, 6) is 0.937.